The predicted molar refractivity (Wildman–Crippen MR) is 76.8 cm³/mol. The number of aromatic nitrogens is 1. The maximum absolute atomic E-state index is 9.38. The van der Waals surface area contributed by atoms with Crippen molar-refractivity contribution < 1.29 is 14.4 Å². The fraction of sp³-hybridized carbons (Fsp3) is 0.400. The van der Waals surface area contributed by atoms with Crippen molar-refractivity contribution in [3.8, 4) is 5.75 Å². The van der Waals surface area contributed by atoms with Crippen molar-refractivity contribution in [2.45, 2.75) is 33.9 Å². The second kappa shape index (κ2) is 6.43. The Bertz CT molecular complexity index is 559. The van der Waals surface area contributed by atoms with Gasteiger partial charge < -0.3 is 19.7 Å². The molecule has 5 heteroatoms. The van der Waals surface area contributed by atoms with E-state index in [4.69, 9.17) is 9.26 Å². The Morgan fingerprint density at radius 1 is 1.35 bits per heavy atom. The van der Waals surface area contributed by atoms with Crippen LogP contribution < -0.4 is 10.1 Å². The molecule has 2 rings (SSSR count). The van der Waals surface area contributed by atoms with Crippen molar-refractivity contribution in [1.82, 2.24) is 5.16 Å². The van der Waals surface area contributed by atoms with Crippen molar-refractivity contribution in [3.63, 3.8) is 0 Å². The van der Waals surface area contributed by atoms with E-state index in [-0.39, 0.29) is 6.61 Å². The SMILES string of the molecule is CCOc1ccc(NCc2c(C)noc2C)cc1CO. The Hall–Kier alpha value is -2.01. The van der Waals surface area contributed by atoms with Gasteiger partial charge in [0.05, 0.1) is 18.9 Å². The Kier molecular flexibility index (Phi) is 4.63. The van der Waals surface area contributed by atoms with Gasteiger partial charge in [-0.1, -0.05) is 5.16 Å². The molecule has 0 aliphatic carbocycles. The lowest BCUT2D eigenvalue weighted by Crippen LogP contribution is -2.03. The van der Waals surface area contributed by atoms with Crippen LogP contribution in [-0.4, -0.2) is 16.9 Å². The lowest BCUT2D eigenvalue weighted by atomic mass is 10.1. The Labute approximate surface area is 118 Å². The van der Waals surface area contributed by atoms with Crippen LogP contribution >= 0.6 is 0 Å². The number of aliphatic hydroxyl groups excluding tert-OH is 1. The number of nitrogens with one attached hydrogen (secondary N) is 1. The first kappa shape index (κ1) is 14.4. The summed E-state index contributed by atoms with van der Waals surface area (Å²) in [5.74, 6) is 1.54. The summed E-state index contributed by atoms with van der Waals surface area (Å²) >= 11 is 0. The van der Waals surface area contributed by atoms with Crippen LogP contribution in [0.25, 0.3) is 0 Å². The minimum Gasteiger partial charge on any atom is -0.494 e. The fourth-order valence-corrected chi connectivity index (χ4v) is 2.05. The molecule has 2 aromatic rings. The summed E-state index contributed by atoms with van der Waals surface area (Å²) in [6.45, 7) is 6.92. The quantitative estimate of drug-likeness (QED) is 0.849. The molecular weight excluding hydrogens is 256 g/mol. The number of aliphatic hydroxyl groups is 1. The number of rotatable bonds is 6. The Morgan fingerprint density at radius 3 is 2.75 bits per heavy atom. The zero-order chi connectivity index (χ0) is 14.5. The molecule has 1 aromatic heterocycles. The fourth-order valence-electron chi connectivity index (χ4n) is 2.05. The van der Waals surface area contributed by atoms with Gasteiger partial charge in [0.25, 0.3) is 0 Å². The third kappa shape index (κ3) is 3.11. The number of anilines is 1. The number of hydrogen-bond donors (Lipinski definition) is 2. The molecule has 1 aromatic carbocycles. The summed E-state index contributed by atoms with van der Waals surface area (Å²) in [6, 6.07) is 5.69. The summed E-state index contributed by atoms with van der Waals surface area (Å²) in [6.07, 6.45) is 0. The van der Waals surface area contributed by atoms with E-state index in [1.807, 2.05) is 39.0 Å². The van der Waals surface area contributed by atoms with E-state index < -0.39 is 0 Å². The molecule has 0 amide bonds. The largest absolute Gasteiger partial charge is 0.494 e. The van der Waals surface area contributed by atoms with Crippen LogP contribution in [0.5, 0.6) is 5.75 Å². The van der Waals surface area contributed by atoms with Crippen LogP contribution in [0.2, 0.25) is 0 Å². The van der Waals surface area contributed by atoms with Gasteiger partial charge in [-0.2, -0.15) is 0 Å². The van der Waals surface area contributed by atoms with Gasteiger partial charge in [0, 0.05) is 23.4 Å². The maximum atomic E-state index is 9.38. The van der Waals surface area contributed by atoms with Gasteiger partial charge in [0.1, 0.15) is 11.5 Å². The number of hydrogen-bond acceptors (Lipinski definition) is 5. The zero-order valence-corrected chi connectivity index (χ0v) is 12.1. The average Bonchev–Trinajstić information content (AvgIpc) is 2.77. The van der Waals surface area contributed by atoms with Gasteiger partial charge in [-0.25, -0.2) is 0 Å². The number of nitrogens with zero attached hydrogens (tertiary/aromatic N) is 1. The molecule has 20 heavy (non-hydrogen) atoms. The molecule has 0 unspecified atom stereocenters. The van der Waals surface area contributed by atoms with E-state index in [9.17, 15) is 5.11 Å². The lowest BCUT2D eigenvalue weighted by Gasteiger charge is -2.12. The lowest BCUT2D eigenvalue weighted by molar-refractivity contribution is 0.267. The van der Waals surface area contributed by atoms with E-state index in [1.54, 1.807) is 0 Å². The third-order valence-corrected chi connectivity index (χ3v) is 3.18. The first-order chi connectivity index (χ1) is 9.65. The average molecular weight is 276 g/mol. The van der Waals surface area contributed by atoms with Crippen LogP contribution in [0.15, 0.2) is 22.7 Å². The van der Waals surface area contributed by atoms with E-state index >= 15 is 0 Å². The molecule has 1 heterocycles. The van der Waals surface area contributed by atoms with E-state index in [2.05, 4.69) is 10.5 Å². The van der Waals surface area contributed by atoms with Gasteiger partial charge in [-0.05, 0) is 39.0 Å². The number of benzene rings is 1. The normalized spacial score (nSPS) is 10.6. The molecule has 0 atom stereocenters. The molecule has 0 aliphatic heterocycles. The topological polar surface area (TPSA) is 67.5 Å². The molecular formula is C15H20N2O3. The molecule has 0 bridgehead atoms. The second-order valence-corrected chi connectivity index (χ2v) is 4.57. The highest BCUT2D eigenvalue weighted by Crippen LogP contribution is 2.24. The standard InChI is InChI=1S/C15H20N2O3/c1-4-19-15-6-5-13(7-12(15)9-18)16-8-14-10(2)17-20-11(14)3/h5-7,16,18H,4,8-9H2,1-3H3. The summed E-state index contributed by atoms with van der Waals surface area (Å²) in [5, 5.41) is 16.6. The van der Waals surface area contributed by atoms with Crippen molar-refractivity contribution in [2.24, 2.45) is 0 Å². The van der Waals surface area contributed by atoms with Crippen molar-refractivity contribution >= 4 is 5.69 Å². The van der Waals surface area contributed by atoms with Crippen molar-refractivity contribution in [3.05, 3.63) is 40.8 Å². The molecule has 108 valence electrons. The van der Waals surface area contributed by atoms with Gasteiger partial charge in [-0.3, -0.25) is 0 Å². The van der Waals surface area contributed by atoms with E-state index in [1.165, 1.54) is 0 Å². The maximum Gasteiger partial charge on any atom is 0.138 e. The van der Waals surface area contributed by atoms with E-state index in [0.29, 0.717) is 13.2 Å². The highest BCUT2D eigenvalue weighted by molar-refractivity contribution is 5.51. The molecule has 0 fully saturated rings. The molecule has 0 spiro atoms. The van der Waals surface area contributed by atoms with Crippen LogP contribution in [0.3, 0.4) is 0 Å². The minimum absolute atomic E-state index is 0.0455. The summed E-state index contributed by atoms with van der Waals surface area (Å²) in [5.41, 5.74) is 3.65. The Morgan fingerprint density at radius 2 is 2.15 bits per heavy atom. The van der Waals surface area contributed by atoms with Crippen molar-refractivity contribution in [2.75, 3.05) is 11.9 Å². The number of aryl methyl sites for hydroxylation is 2. The van der Waals surface area contributed by atoms with Gasteiger partial charge in [-0.15, -0.1) is 0 Å². The molecule has 5 nitrogen and oxygen atoms in total. The third-order valence-electron chi connectivity index (χ3n) is 3.18. The Balaban J connectivity index is 2.10. The first-order valence-corrected chi connectivity index (χ1v) is 6.68. The van der Waals surface area contributed by atoms with Crippen molar-refractivity contribution in [1.29, 1.82) is 0 Å². The second-order valence-electron chi connectivity index (χ2n) is 4.57. The molecule has 2 N–H and O–H groups in total. The molecule has 0 aliphatic rings. The number of ether oxygens (including phenoxy) is 1. The molecule has 0 radical (unpaired) electrons. The summed E-state index contributed by atoms with van der Waals surface area (Å²) < 4.78 is 10.6. The highest BCUT2D eigenvalue weighted by Gasteiger charge is 2.09. The first-order valence-electron chi connectivity index (χ1n) is 6.68. The van der Waals surface area contributed by atoms with E-state index in [0.717, 1.165) is 34.0 Å². The van der Waals surface area contributed by atoms with Gasteiger partial charge in [0.15, 0.2) is 0 Å². The predicted octanol–water partition coefficient (Wildman–Crippen LogP) is 2.79. The van der Waals surface area contributed by atoms with Crippen LogP contribution in [-0.2, 0) is 13.2 Å². The summed E-state index contributed by atoms with van der Waals surface area (Å²) in [7, 11) is 0. The summed E-state index contributed by atoms with van der Waals surface area (Å²) in [4.78, 5) is 0. The minimum atomic E-state index is -0.0455. The zero-order valence-electron chi connectivity index (χ0n) is 12.1. The van der Waals surface area contributed by atoms with Gasteiger partial charge in [0.2, 0.25) is 0 Å². The van der Waals surface area contributed by atoms with Crippen LogP contribution in [0, 0.1) is 13.8 Å². The highest BCUT2D eigenvalue weighted by atomic mass is 16.5. The smallest absolute Gasteiger partial charge is 0.138 e. The monoisotopic (exact) mass is 276 g/mol. The van der Waals surface area contributed by atoms with Crippen LogP contribution in [0.4, 0.5) is 5.69 Å². The molecule has 0 saturated carbocycles. The van der Waals surface area contributed by atoms with Gasteiger partial charge >= 0.3 is 0 Å². The van der Waals surface area contributed by atoms with Crippen LogP contribution in [0.1, 0.15) is 29.5 Å². The molecule has 0 saturated heterocycles.